The fourth-order valence-electron chi connectivity index (χ4n) is 3.40. The van der Waals surface area contributed by atoms with Gasteiger partial charge in [0.1, 0.15) is 0 Å². The number of hydrogen-bond acceptors (Lipinski definition) is 5. The lowest BCUT2D eigenvalue weighted by atomic mass is 10.1. The SMILES string of the molecule is Cc1c(C(=O)NCc2ccc(-n3cccn3)cc2)nnn1C1CCNCC1. The van der Waals surface area contributed by atoms with Crippen molar-refractivity contribution < 1.29 is 4.79 Å². The molecule has 3 heterocycles. The number of benzene rings is 1. The van der Waals surface area contributed by atoms with Crippen LogP contribution < -0.4 is 10.6 Å². The van der Waals surface area contributed by atoms with Gasteiger partial charge in [-0.1, -0.05) is 17.3 Å². The molecule has 1 saturated heterocycles. The number of piperidine rings is 1. The molecule has 2 N–H and O–H groups in total. The van der Waals surface area contributed by atoms with Gasteiger partial charge in [0, 0.05) is 18.9 Å². The van der Waals surface area contributed by atoms with Crippen molar-refractivity contribution in [1.29, 1.82) is 0 Å². The Kier molecular flexibility index (Phi) is 4.97. The summed E-state index contributed by atoms with van der Waals surface area (Å²) < 4.78 is 3.69. The zero-order valence-electron chi connectivity index (χ0n) is 15.3. The quantitative estimate of drug-likeness (QED) is 0.717. The van der Waals surface area contributed by atoms with E-state index in [4.69, 9.17) is 0 Å². The third kappa shape index (κ3) is 3.75. The van der Waals surface area contributed by atoms with E-state index in [0.717, 1.165) is 42.9 Å². The van der Waals surface area contributed by atoms with Crippen LogP contribution in [0.4, 0.5) is 0 Å². The Morgan fingerprint density at radius 3 is 2.74 bits per heavy atom. The summed E-state index contributed by atoms with van der Waals surface area (Å²) in [6.45, 7) is 4.30. The molecule has 0 unspecified atom stereocenters. The Morgan fingerprint density at radius 2 is 2.04 bits per heavy atom. The summed E-state index contributed by atoms with van der Waals surface area (Å²) in [6.07, 6.45) is 5.65. The fraction of sp³-hybridized carbons (Fsp3) is 0.368. The first-order chi connectivity index (χ1) is 13.2. The number of rotatable bonds is 5. The maximum absolute atomic E-state index is 12.5. The molecular weight excluding hydrogens is 342 g/mol. The molecule has 8 heteroatoms. The van der Waals surface area contributed by atoms with Crippen molar-refractivity contribution in [3.63, 3.8) is 0 Å². The smallest absolute Gasteiger partial charge is 0.274 e. The minimum atomic E-state index is -0.191. The zero-order valence-corrected chi connectivity index (χ0v) is 15.3. The van der Waals surface area contributed by atoms with Crippen molar-refractivity contribution in [2.75, 3.05) is 13.1 Å². The minimum Gasteiger partial charge on any atom is -0.347 e. The van der Waals surface area contributed by atoms with Gasteiger partial charge in [-0.3, -0.25) is 4.79 Å². The van der Waals surface area contributed by atoms with Crippen molar-refractivity contribution in [2.24, 2.45) is 0 Å². The molecule has 1 aliphatic rings. The Balaban J connectivity index is 1.39. The van der Waals surface area contributed by atoms with Crippen LogP contribution in [0.1, 0.15) is 40.6 Å². The minimum absolute atomic E-state index is 0.191. The molecule has 8 nitrogen and oxygen atoms in total. The van der Waals surface area contributed by atoms with Crippen LogP contribution in [-0.4, -0.2) is 43.8 Å². The van der Waals surface area contributed by atoms with Crippen molar-refractivity contribution >= 4 is 5.91 Å². The monoisotopic (exact) mass is 365 g/mol. The maximum atomic E-state index is 12.5. The van der Waals surface area contributed by atoms with Crippen LogP contribution in [0, 0.1) is 6.92 Å². The van der Waals surface area contributed by atoms with E-state index in [2.05, 4.69) is 26.0 Å². The molecule has 0 spiro atoms. The van der Waals surface area contributed by atoms with Crippen molar-refractivity contribution in [1.82, 2.24) is 35.4 Å². The highest BCUT2D eigenvalue weighted by atomic mass is 16.2. The summed E-state index contributed by atoms with van der Waals surface area (Å²) in [4.78, 5) is 12.5. The van der Waals surface area contributed by atoms with E-state index in [0.29, 0.717) is 18.3 Å². The first-order valence-electron chi connectivity index (χ1n) is 9.22. The topological polar surface area (TPSA) is 89.7 Å². The van der Waals surface area contributed by atoms with Crippen LogP contribution in [0.3, 0.4) is 0 Å². The zero-order chi connectivity index (χ0) is 18.6. The molecule has 1 aliphatic heterocycles. The second-order valence-corrected chi connectivity index (χ2v) is 6.75. The molecule has 0 bridgehead atoms. The predicted molar refractivity (Wildman–Crippen MR) is 101 cm³/mol. The maximum Gasteiger partial charge on any atom is 0.274 e. The molecule has 2 aromatic heterocycles. The molecule has 0 saturated carbocycles. The molecule has 0 radical (unpaired) electrons. The van der Waals surface area contributed by atoms with Gasteiger partial charge in [-0.25, -0.2) is 9.36 Å². The normalized spacial score (nSPS) is 15.0. The van der Waals surface area contributed by atoms with Gasteiger partial charge in [-0.15, -0.1) is 5.10 Å². The van der Waals surface area contributed by atoms with E-state index in [-0.39, 0.29) is 5.91 Å². The third-order valence-electron chi connectivity index (χ3n) is 4.96. The van der Waals surface area contributed by atoms with Gasteiger partial charge in [0.25, 0.3) is 5.91 Å². The van der Waals surface area contributed by atoms with Crippen LogP contribution >= 0.6 is 0 Å². The predicted octanol–water partition coefficient (Wildman–Crippen LogP) is 1.63. The summed E-state index contributed by atoms with van der Waals surface area (Å²) in [6, 6.07) is 10.1. The van der Waals surface area contributed by atoms with Crippen LogP contribution in [0.25, 0.3) is 5.69 Å². The van der Waals surface area contributed by atoms with Gasteiger partial charge in [0.05, 0.1) is 17.4 Å². The molecule has 1 aromatic carbocycles. The molecule has 0 aliphatic carbocycles. The van der Waals surface area contributed by atoms with Gasteiger partial charge in [0.2, 0.25) is 0 Å². The lowest BCUT2D eigenvalue weighted by Gasteiger charge is -2.23. The molecule has 1 amide bonds. The number of aromatic nitrogens is 5. The van der Waals surface area contributed by atoms with E-state index in [1.54, 1.807) is 10.9 Å². The third-order valence-corrected chi connectivity index (χ3v) is 4.96. The van der Waals surface area contributed by atoms with Crippen LogP contribution in [0.5, 0.6) is 0 Å². The van der Waals surface area contributed by atoms with Gasteiger partial charge in [0.15, 0.2) is 5.69 Å². The number of carbonyl (C=O) groups excluding carboxylic acids is 1. The molecule has 140 valence electrons. The van der Waals surface area contributed by atoms with Crippen LogP contribution in [-0.2, 0) is 6.54 Å². The lowest BCUT2D eigenvalue weighted by molar-refractivity contribution is 0.0945. The Morgan fingerprint density at radius 1 is 1.26 bits per heavy atom. The number of amides is 1. The van der Waals surface area contributed by atoms with Crippen molar-refractivity contribution in [3.8, 4) is 5.69 Å². The highest BCUT2D eigenvalue weighted by molar-refractivity contribution is 5.93. The summed E-state index contributed by atoms with van der Waals surface area (Å²) >= 11 is 0. The summed E-state index contributed by atoms with van der Waals surface area (Å²) in [5.74, 6) is -0.191. The number of nitrogens with zero attached hydrogens (tertiary/aromatic N) is 5. The molecule has 3 aromatic rings. The average molecular weight is 365 g/mol. The summed E-state index contributed by atoms with van der Waals surface area (Å²) in [5.41, 5.74) is 3.23. The largest absolute Gasteiger partial charge is 0.347 e. The number of hydrogen-bond donors (Lipinski definition) is 2. The lowest BCUT2D eigenvalue weighted by Crippen LogP contribution is -2.30. The Labute approximate surface area is 157 Å². The van der Waals surface area contributed by atoms with E-state index < -0.39 is 0 Å². The van der Waals surface area contributed by atoms with E-state index in [9.17, 15) is 4.79 Å². The molecular formula is C19H23N7O. The van der Waals surface area contributed by atoms with Gasteiger partial charge < -0.3 is 10.6 Å². The van der Waals surface area contributed by atoms with Crippen molar-refractivity contribution in [2.45, 2.75) is 32.4 Å². The summed E-state index contributed by atoms with van der Waals surface area (Å²) in [7, 11) is 0. The number of carbonyl (C=O) groups is 1. The average Bonchev–Trinajstić information content (AvgIpc) is 3.37. The molecule has 1 fully saturated rings. The van der Waals surface area contributed by atoms with E-state index >= 15 is 0 Å². The second kappa shape index (κ2) is 7.71. The van der Waals surface area contributed by atoms with E-state index in [1.807, 2.05) is 48.1 Å². The van der Waals surface area contributed by atoms with Crippen LogP contribution in [0.15, 0.2) is 42.7 Å². The molecule has 0 atom stereocenters. The van der Waals surface area contributed by atoms with Gasteiger partial charge >= 0.3 is 0 Å². The van der Waals surface area contributed by atoms with Gasteiger partial charge in [-0.05, 0) is 56.6 Å². The molecule has 27 heavy (non-hydrogen) atoms. The van der Waals surface area contributed by atoms with Crippen molar-refractivity contribution in [3.05, 3.63) is 59.7 Å². The van der Waals surface area contributed by atoms with E-state index in [1.165, 1.54) is 0 Å². The summed E-state index contributed by atoms with van der Waals surface area (Å²) in [5, 5.41) is 18.8. The standard InChI is InChI=1S/C19H23N7O/c1-14-18(23-24-26(14)17-7-10-20-11-8-17)19(27)21-13-15-3-5-16(6-4-15)25-12-2-9-22-25/h2-6,9,12,17,20H,7-8,10-11,13H2,1H3,(H,21,27). The molecule has 4 rings (SSSR count). The highest BCUT2D eigenvalue weighted by Crippen LogP contribution is 2.20. The highest BCUT2D eigenvalue weighted by Gasteiger charge is 2.22. The van der Waals surface area contributed by atoms with Crippen LogP contribution in [0.2, 0.25) is 0 Å². The Hall–Kier alpha value is -3.00. The first kappa shape index (κ1) is 17.4. The first-order valence-corrected chi connectivity index (χ1v) is 9.22. The van der Waals surface area contributed by atoms with Gasteiger partial charge in [-0.2, -0.15) is 5.10 Å². The second-order valence-electron chi connectivity index (χ2n) is 6.75. The Bertz CT molecular complexity index is 893. The number of nitrogens with one attached hydrogen (secondary N) is 2. The fourth-order valence-corrected chi connectivity index (χ4v) is 3.40.